The molecule has 208 valence electrons. The molecule has 0 saturated carbocycles. The van der Waals surface area contributed by atoms with Crippen molar-refractivity contribution in [3.63, 3.8) is 0 Å². The number of nitrogens with zero attached hydrogens (tertiary/aromatic N) is 7. The number of hydrogen-bond donors (Lipinski definition) is 1. The van der Waals surface area contributed by atoms with Gasteiger partial charge in [-0.3, -0.25) is 4.79 Å². The van der Waals surface area contributed by atoms with Crippen LogP contribution in [0.25, 0.3) is 22.3 Å². The van der Waals surface area contributed by atoms with Crippen LogP contribution in [0.5, 0.6) is 0 Å². The van der Waals surface area contributed by atoms with Crippen molar-refractivity contribution in [1.82, 2.24) is 34.3 Å². The number of aromatic nitrogens is 5. The molecule has 9 nitrogen and oxygen atoms in total. The third-order valence-electron chi connectivity index (χ3n) is 8.01. The predicted octanol–water partition coefficient (Wildman–Crippen LogP) is 4.82. The molecule has 0 aliphatic carbocycles. The van der Waals surface area contributed by atoms with Crippen molar-refractivity contribution in [2.45, 2.75) is 33.7 Å². The summed E-state index contributed by atoms with van der Waals surface area (Å²) >= 11 is 0. The zero-order valence-electron chi connectivity index (χ0n) is 23.0. The summed E-state index contributed by atoms with van der Waals surface area (Å²) < 4.78 is 31.7. The van der Waals surface area contributed by atoms with Gasteiger partial charge in [0, 0.05) is 44.0 Å². The van der Waals surface area contributed by atoms with E-state index in [9.17, 15) is 13.6 Å². The van der Waals surface area contributed by atoms with Gasteiger partial charge in [0.1, 0.15) is 22.9 Å². The summed E-state index contributed by atoms with van der Waals surface area (Å²) in [6, 6.07) is 6.36. The van der Waals surface area contributed by atoms with Crippen LogP contribution in [0.1, 0.15) is 43.0 Å². The summed E-state index contributed by atoms with van der Waals surface area (Å²) in [5, 5.41) is 2.96. The number of nitrogens with one attached hydrogen (secondary N) is 1. The molecule has 2 saturated heterocycles. The van der Waals surface area contributed by atoms with Gasteiger partial charge in [0.15, 0.2) is 11.6 Å². The number of aryl methyl sites for hydroxylation is 1. The van der Waals surface area contributed by atoms with Crippen molar-refractivity contribution in [3.05, 3.63) is 59.7 Å². The number of pyridine rings is 1. The Bertz CT molecular complexity index is 1570. The van der Waals surface area contributed by atoms with Gasteiger partial charge in [0.2, 0.25) is 5.95 Å². The molecular weight excluding hydrogens is 514 g/mol. The highest BCUT2D eigenvalue weighted by atomic mass is 19.1. The Hall–Kier alpha value is -3.99. The van der Waals surface area contributed by atoms with Gasteiger partial charge in [0.25, 0.3) is 5.91 Å². The first-order chi connectivity index (χ1) is 19.2. The number of rotatable bonds is 6. The van der Waals surface area contributed by atoms with Crippen molar-refractivity contribution in [2.75, 3.05) is 38.0 Å². The van der Waals surface area contributed by atoms with Gasteiger partial charge in [-0.1, -0.05) is 6.92 Å². The largest absolute Gasteiger partial charge is 0.338 e. The van der Waals surface area contributed by atoms with E-state index in [0.29, 0.717) is 34.6 Å². The standard InChI is InChI=1S/C29H32F2N8O/c1-5-37-12-20-14-38(15-21(20)13-37)28(40)18-6-7-25(32-10-18)35-29-33-11-23(31)26(36-29)19-8-22(30)27-24(9-19)39(16(2)3)17(4)34-27/h6-11,16,20-21H,5,12-15H2,1-4H3,(H,32,33,35,36). The van der Waals surface area contributed by atoms with Crippen LogP contribution in [-0.4, -0.2) is 72.9 Å². The Morgan fingerprint density at radius 3 is 2.42 bits per heavy atom. The third-order valence-corrected chi connectivity index (χ3v) is 8.01. The average Bonchev–Trinajstić information content (AvgIpc) is 3.61. The maximum atomic E-state index is 15.0. The molecular formula is C29H32F2N8O. The van der Waals surface area contributed by atoms with Crippen molar-refractivity contribution < 1.29 is 13.6 Å². The summed E-state index contributed by atoms with van der Waals surface area (Å²) in [6.07, 6.45) is 2.57. The number of imidazole rings is 1. The van der Waals surface area contributed by atoms with Crippen LogP contribution in [0, 0.1) is 30.4 Å². The molecule has 4 aromatic rings. The number of anilines is 2. The first kappa shape index (κ1) is 26.2. The summed E-state index contributed by atoms with van der Waals surface area (Å²) in [6.45, 7) is 12.6. The molecule has 2 aliphatic rings. The Morgan fingerprint density at radius 1 is 1.02 bits per heavy atom. The lowest BCUT2D eigenvalue weighted by Crippen LogP contribution is -2.33. The highest BCUT2D eigenvalue weighted by molar-refractivity contribution is 5.94. The van der Waals surface area contributed by atoms with Crippen LogP contribution >= 0.6 is 0 Å². The van der Waals surface area contributed by atoms with E-state index >= 15 is 0 Å². The Labute approximate surface area is 231 Å². The molecule has 3 aromatic heterocycles. The molecule has 1 N–H and O–H groups in total. The van der Waals surface area contributed by atoms with E-state index in [1.165, 1.54) is 12.3 Å². The van der Waals surface area contributed by atoms with Crippen LogP contribution in [-0.2, 0) is 0 Å². The van der Waals surface area contributed by atoms with Crippen molar-refractivity contribution in [2.24, 2.45) is 11.8 Å². The minimum Gasteiger partial charge on any atom is -0.338 e. The summed E-state index contributed by atoms with van der Waals surface area (Å²) in [5.41, 5.74) is 1.56. The van der Waals surface area contributed by atoms with Gasteiger partial charge in [-0.25, -0.2) is 28.7 Å². The van der Waals surface area contributed by atoms with E-state index in [0.717, 1.165) is 38.9 Å². The normalized spacial score (nSPS) is 19.1. The van der Waals surface area contributed by atoms with Crippen molar-refractivity contribution in [3.8, 4) is 11.3 Å². The molecule has 11 heteroatoms. The molecule has 2 atom stereocenters. The molecule has 2 fully saturated rings. The molecule has 6 rings (SSSR count). The van der Waals surface area contributed by atoms with Crippen molar-refractivity contribution >= 4 is 28.7 Å². The maximum absolute atomic E-state index is 15.0. The number of hydrogen-bond acceptors (Lipinski definition) is 7. The monoisotopic (exact) mass is 546 g/mol. The minimum absolute atomic E-state index is 0.0230. The molecule has 2 unspecified atom stereocenters. The van der Waals surface area contributed by atoms with Crippen LogP contribution in [0.2, 0.25) is 0 Å². The fourth-order valence-corrected chi connectivity index (χ4v) is 6.09. The fraction of sp³-hybridized carbons (Fsp3) is 0.414. The second-order valence-electron chi connectivity index (χ2n) is 11.0. The zero-order chi connectivity index (χ0) is 28.1. The fourth-order valence-electron chi connectivity index (χ4n) is 6.09. The number of likely N-dealkylation sites (tertiary alicyclic amines) is 2. The number of carbonyl (C=O) groups excluding carboxylic acids is 1. The first-order valence-corrected chi connectivity index (χ1v) is 13.7. The van der Waals surface area contributed by atoms with Gasteiger partial charge in [-0.2, -0.15) is 0 Å². The molecule has 5 heterocycles. The lowest BCUT2D eigenvalue weighted by atomic mass is 10.0. The Balaban J connectivity index is 1.20. The smallest absolute Gasteiger partial charge is 0.255 e. The quantitative estimate of drug-likeness (QED) is 0.371. The zero-order valence-corrected chi connectivity index (χ0v) is 23.0. The molecule has 0 bridgehead atoms. The minimum atomic E-state index is -0.678. The van der Waals surface area contributed by atoms with Gasteiger partial charge in [-0.15, -0.1) is 0 Å². The van der Waals surface area contributed by atoms with E-state index in [1.54, 1.807) is 18.2 Å². The lowest BCUT2D eigenvalue weighted by molar-refractivity contribution is 0.0774. The number of carbonyl (C=O) groups is 1. The van der Waals surface area contributed by atoms with E-state index in [2.05, 4.69) is 37.1 Å². The molecule has 0 spiro atoms. The molecule has 1 amide bonds. The third kappa shape index (κ3) is 4.68. The molecule has 2 aliphatic heterocycles. The van der Waals surface area contributed by atoms with Crippen molar-refractivity contribution in [1.29, 1.82) is 0 Å². The van der Waals surface area contributed by atoms with Gasteiger partial charge >= 0.3 is 0 Å². The maximum Gasteiger partial charge on any atom is 0.255 e. The molecule has 1 aromatic carbocycles. The Kier molecular flexibility index (Phi) is 6.69. The van der Waals surface area contributed by atoms with Crippen LogP contribution in [0.4, 0.5) is 20.5 Å². The van der Waals surface area contributed by atoms with Crippen LogP contribution in [0.15, 0.2) is 36.7 Å². The van der Waals surface area contributed by atoms with Gasteiger partial charge in [-0.05, 0) is 63.4 Å². The topological polar surface area (TPSA) is 92.1 Å². The van der Waals surface area contributed by atoms with Crippen LogP contribution in [0.3, 0.4) is 0 Å². The van der Waals surface area contributed by atoms with E-state index in [1.807, 2.05) is 30.2 Å². The number of fused-ring (bicyclic) bond motifs is 2. The SMILES string of the molecule is CCN1CC2CN(C(=O)c3ccc(Nc4ncc(F)c(-c5cc(F)c6nc(C)n(C(C)C)c6c5)n4)nc3)CC2C1. The highest BCUT2D eigenvalue weighted by Gasteiger charge is 2.41. The molecule has 40 heavy (non-hydrogen) atoms. The van der Waals surface area contributed by atoms with Gasteiger partial charge in [0.05, 0.1) is 17.3 Å². The second kappa shape index (κ2) is 10.2. The number of amides is 1. The summed E-state index contributed by atoms with van der Waals surface area (Å²) in [7, 11) is 0. The highest BCUT2D eigenvalue weighted by Crippen LogP contribution is 2.32. The van der Waals surface area contributed by atoms with E-state index < -0.39 is 11.6 Å². The Morgan fingerprint density at radius 2 is 1.77 bits per heavy atom. The van der Waals surface area contributed by atoms with Gasteiger partial charge < -0.3 is 19.7 Å². The predicted molar refractivity (Wildman–Crippen MR) is 148 cm³/mol. The van der Waals surface area contributed by atoms with E-state index in [4.69, 9.17) is 0 Å². The summed E-state index contributed by atoms with van der Waals surface area (Å²) in [4.78, 5) is 34.5. The number of benzene rings is 1. The average molecular weight is 547 g/mol. The summed E-state index contributed by atoms with van der Waals surface area (Å²) in [5.74, 6) is 1.00. The first-order valence-electron chi connectivity index (χ1n) is 13.7. The lowest BCUT2D eigenvalue weighted by Gasteiger charge is -2.20. The van der Waals surface area contributed by atoms with E-state index in [-0.39, 0.29) is 34.7 Å². The van der Waals surface area contributed by atoms with Crippen LogP contribution < -0.4 is 5.32 Å². The second-order valence-corrected chi connectivity index (χ2v) is 11.0. The number of halogens is 2. The molecule has 0 radical (unpaired) electrons.